The molecule has 2 rings (SSSR count). The summed E-state index contributed by atoms with van der Waals surface area (Å²) in [7, 11) is 1.65. The number of ether oxygens (including phenoxy) is 2. The molecule has 5 heteroatoms. The van der Waals surface area contributed by atoms with E-state index >= 15 is 0 Å². The average molecular weight is 320 g/mol. The molecule has 0 saturated carbocycles. The van der Waals surface area contributed by atoms with Gasteiger partial charge >= 0.3 is 0 Å². The number of benzene rings is 1. The molecule has 0 bridgehead atoms. The normalized spacial score (nSPS) is 24.7. The number of morpholine rings is 1. The van der Waals surface area contributed by atoms with Crippen LogP contribution in [0.5, 0.6) is 5.75 Å². The molecular formula is C18H28N2O3. The topological polar surface area (TPSA) is 50.8 Å². The molecule has 0 radical (unpaired) electrons. The van der Waals surface area contributed by atoms with Gasteiger partial charge in [-0.15, -0.1) is 0 Å². The van der Waals surface area contributed by atoms with Crippen LogP contribution < -0.4 is 10.1 Å². The maximum atomic E-state index is 12.6. The number of carbonyl (C=O) groups is 1. The van der Waals surface area contributed by atoms with Crippen molar-refractivity contribution >= 4 is 5.91 Å². The third-order valence-electron chi connectivity index (χ3n) is 4.34. The summed E-state index contributed by atoms with van der Waals surface area (Å²) in [5, 5.41) is 3.10. The van der Waals surface area contributed by atoms with Crippen LogP contribution in [0.1, 0.15) is 39.3 Å². The quantitative estimate of drug-likeness (QED) is 0.905. The largest absolute Gasteiger partial charge is 0.496 e. The van der Waals surface area contributed by atoms with Crippen LogP contribution in [0, 0.1) is 0 Å². The van der Waals surface area contributed by atoms with Gasteiger partial charge < -0.3 is 14.8 Å². The average Bonchev–Trinajstić information content (AvgIpc) is 2.52. The second kappa shape index (κ2) is 7.79. The fourth-order valence-corrected chi connectivity index (χ4v) is 3.14. The highest BCUT2D eigenvalue weighted by atomic mass is 16.5. The van der Waals surface area contributed by atoms with Gasteiger partial charge in [-0.05, 0) is 33.8 Å². The number of rotatable bonds is 5. The lowest BCUT2D eigenvalue weighted by Gasteiger charge is -2.38. The Morgan fingerprint density at radius 1 is 1.26 bits per heavy atom. The van der Waals surface area contributed by atoms with E-state index < -0.39 is 0 Å². The zero-order valence-corrected chi connectivity index (χ0v) is 14.7. The molecule has 23 heavy (non-hydrogen) atoms. The Bertz CT molecular complexity index is 525. The van der Waals surface area contributed by atoms with Crippen LogP contribution in [0.4, 0.5) is 0 Å². The number of hydrogen-bond donors (Lipinski definition) is 1. The lowest BCUT2D eigenvalue weighted by molar-refractivity contribution is -0.132. The Labute approximate surface area is 139 Å². The van der Waals surface area contributed by atoms with E-state index in [1.54, 1.807) is 7.11 Å². The molecule has 1 heterocycles. The minimum absolute atomic E-state index is 0.0321. The van der Waals surface area contributed by atoms with E-state index in [0.717, 1.165) is 24.4 Å². The summed E-state index contributed by atoms with van der Waals surface area (Å²) >= 11 is 0. The van der Waals surface area contributed by atoms with Crippen LogP contribution in [0.2, 0.25) is 0 Å². The highest BCUT2D eigenvalue weighted by molar-refractivity contribution is 5.81. The Morgan fingerprint density at radius 2 is 1.87 bits per heavy atom. The molecule has 4 unspecified atom stereocenters. The molecule has 1 aliphatic rings. The van der Waals surface area contributed by atoms with Crippen LogP contribution in [0.25, 0.3) is 0 Å². The Balaban J connectivity index is 2.00. The van der Waals surface area contributed by atoms with Gasteiger partial charge in [0.15, 0.2) is 0 Å². The van der Waals surface area contributed by atoms with Crippen LogP contribution in [-0.4, -0.2) is 49.3 Å². The van der Waals surface area contributed by atoms with Gasteiger partial charge in [0.05, 0.1) is 31.4 Å². The zero-order chi connectivity index (χ0) is 17.0. The molecule has 1 N–H and O–H groups in total. The van der Waals surface area contributed by atoms with Crippen molar-refractivity contribution in [1.29, 1.82) is 0 Å². The smallest absolute Gasteiger partial charge is 0.237 e. The summed E-state index contributed by atoms with van der Waals surface area (Å²) in [4.78, 5) is 14.8. The summed E-state index contributed by atoms with van der Waals surface area (Å²) < 4.78 is 11.1. The highest BCUT2D eigenvalue weighted by Gasteiger charge is 2.30. The van der Waals surface area contributed by atoms with Gasteiger partial charge in [-0.3, -0.25) is 9.69 Å². The predicted octanol–water partition coefficient (Wildman–Crippen LogP) is 2.37. The van der Waals surface area contributed by atoms with Crippen molar-refractivity contribution in [3.63, 3.8) is 0 Å². The molecule has 1 aliphatic heterocycles. The van der Waals surface area contributed by atoms with Crippen molar-refractivity contribution in [2.45, 2.75) is 52.0 Å². The molecule has 1 aromatic rings. The second-order valence-electron chi connectivity index (χ2n) is 6.36. The van der Waals surface area contributed by atoms with Gasteiger partial charge in [-0.2, -0.15) is 0 Å². The van der Waals surface area contributed by atoms with E-state index in [1.807, 2.05) is 52.0 Å². The van der Waals surface area contributed by atoms with E-state index in [2.05, 4.69) is 10.2 Å². The Morgan fingerprint density at radius 3 is 2.48 bits per heavy atom. The van der Waals surface area contributed by atoms with Crippen molar-refractivity contribution in [3.05, 3.63) is 29.8 Å². The Hall–Kier alpha value is -1.59. The first-order valence-electron chi connectivity index (χ1n) is 8.25. The number of carbonyl (C=O) groups excluding carboxylic acids is 1. The summed E-state index contributed by atoms with van der Waals surface area (Å²) in [6, 6.07) is 7.49. The third kappa shape index (κ3) is 4.45. The van der Waals surface area contributed by atoms with E-state index in [4.69, 9.17) is 9.47 Å². The van der Waals surface area contributed by atoms with E-state index in [0.29, 0.717) is 0 Å². The molecule has 0 aliphatic carbocycles. The van der Waals surface area contributed by atoms with Crippen molar-refractivity contribution in [2.24, 2.45) is 0 Å². The SMILES string of the molecule is COc1ccccc1C(C)NC(=O)C(C)N1CC(C)OC(C)C1. The molecular weight excluding hydrogens is 292 g/mol. The van der Waals surface area contributed by atoms with Gasteiger partial charge in [0.25, 0.3) is 0 Å². The maximum Gasteiger partial charge on any atom is 0.237 e. The first-order valence-corrected chi connectivity index (χ1v) is 8.25. The molecule has 1 amide bonds. The van der Waals surface area contributed by atoms with Gasteiger partial charge in [0, 0.05) is 18.7 Å². The number of amides is 1. The van der Waals surface area contributed by atoms with E-state index in [9.17, 15) is 4.79 Å². The standard InChI is InChI=1S/C18H28N2O3/c1-12-10-20(11-13(2)23-12)15(4)18(21)19-14(3)16-8-6-7-9-17(16)22-5/h6-9,12-15H,10-11H2,1-5H3,(H,19,21). The lowest BCUT2D eigenvalue weighted by atomic mass is 10.1. The monoisotopic (exact) mass is 320 g/mol. The van der Waals surface area contributed by atoms with Crippen molar-refractivity contribution in [1.82, 2.24) is 10.2 Å². The van der Waals surface area contributed by atoms with Crippen molar-refractivity contribution < 1.29 is 14.3 Å². The summed E-state index contributed by atoms with van der Waals surface area (Å²) in [6.45, 7) is 9.58. The third-order valence-corrected chi connectivity index (χ3v) is 4.34. The molecule has 1 saturated heterocycles. The predicted molar refractivity (Wildman–Crippen MR) is 90.6 cm³/mol. The number of nitrogens with one attached hydrogen (secondary N) is 1. The van der Waals surface area contributed by atoms with Crippen LogP contribution in [-0.2, 0) is 9.53 Å². The first-order chi connectivity index (χ1) is 10.9. The number of hydrogen-bond acceptors (Lipinski definition) is 4. The molecule has 4 atom stereocenters. The minimum atomic E-state index is -0.180. The first kappa shape index (κ1) is 17.8. The van der Waals surface area contributed by atoms with Crippen molar-refractivity contribution in [3.8, 4) is 5.75 Å². The van der Waals surface area contributed by atoms with Crippen LogP contribution in [0.3, 0.4) is 0 Å². The molecule has 0 spiro atoms. The van der Waals surface area contributed by atoms with Crippen LogP contribution >= 0.6 is 0 Å². The van der Waals surface area contributed by atoms with Gasteiger partial charge in [0.2, 0.25) is 5.91 Å². The fraction of sp³-hybridized carbons (Fsp3) is 0.611. The number of para-hydroxylation sites is 1. The number of nitrogens with zero attached hydrogens (tertiary/aromatic N) is 1. The molecule has 5 nitrogen and oxygen atoms in total. The fourth-order valence-electron chi connectivity index (χ4n) is 3.14. The van der Waals surface area contributed by atoms with Crippen LogP contribution in [0.15, 0.2) is 24.3 Å². The maximum absolute atomic E-state index is 12.6. The summed E-state index contributed by atoms with van der Waals surface area (Å²) in [5.41, 5.74) is 0.985. The lowest BCUT2D eigenvalue weighted by Crippen LogP contribution is -2.54. The zero-order valence-electron chi connectivity index (χ0n) is 14.7. The molecule has 1 aromatic carbocycles. The summed E-state index contributed by atoms with van der Waals surface area (Å²) in [5.74, 6) is 0.825. The van der Waals surface area contributed by atoms with Gasteiger partial charge in [-0.1, -0.05) is 18.2 Å². The Kier molecular flexibility index (Phi) is 6.02. The van der Waals surface area contributed by atoms with E-state index in [-0.39, 0.29) is 30.2 Å². The van der Waals surface area contributed by atoms with Crippen molar-refractivity contribution in [2.75, 3.05) is 20.2 Å². The van der Waals surface area contributed by atoms with Gasteiger partial charge in [-0.25, -0.2) is 0 Å². The molecule has 0 aromatic heterocycles. The number of methoxy groups -OCH3 is 1. The minimum Gasteiger partial charge on any atom is -0.496 e. The van der Waals surface area contributed by atoms with Gasteiger partial charge in [0.1, 0.15) is 5.75 Å². The second-order valence-corrected chi connectivity index (χ2v) is 6.36. The molecule has 128 valence electrons. The van der Waals surface area contributed by atoms with E-state index in [1.165, 1.54) is 0 Å². The molecule has 1 fully saturated rings. The summed E-state index contributed by atoms with van der Waals surface area (Å²) in [6.07, 6.45) is 0.307. The highest BCUT2D eigenvalue weighted by Crippen LogP contribution is 2.24.